The minimum absolute atomic E-state index is 0.709. The summed E-state index contributed by atoms with van der Waals surface area (Å²) in [5, 5.41) is 1.21. The van der Waals surface area contributed by atoms with Crippen LogP contribution in [0, 0.1) is 0 Å². The minimum Gasteiger partial charge on any atom is -0.309 e. The highest BCUT2D eigenvalue weighted by Crippen LogP contribution is 2.55. The molecule has 0 spiro atoms. The van der Waals surface area contributed by atoms with Crippen LogP contribution in [-0.2, 0) is 0 Å². The molecular weight excluding hydrogens is 705 g/mol. The first kappa shape index (κ1) is 33.5. The zero-order valence-electron chi connectivity index (χ0n) is 31.6. The van der Waals surface area contributed by atoms with E-state index in [0.29, 0.717) is 5.82 Å². The molecule has 2 aromatic heterocycles. The third-order valence-corrected chi connectivity index (χ3v) is 11.2. The van der Waals surface area contributed by atoms with Crippen LogP contribution in [0.15, 0.2) is 218 Å². The minimum atomic E-state index is 0.709. The van der Waals surface area contributed by atoms with Gasteiger partial charge in [0.1, 0.15) is 0 Å². The maximum Gasteiger partial charge on any atom is 0.160 e. The molecule has 0 aliphatic carbocycles. The third-order valence-electron chi connectivity index (χ3n) is 11.2. The molecule has 0 saturated heterocycles. The molecule has 0 bridgehead atoms. The summed E-state index contributed by atoms with van der Waals surface area (Å²) in [7, 11) is 0. The number of fused-ring (bicyclic) bond motifs is 7. The second-order valence-electron chi connectivity index (χ2n) is 14.6. The van der Waals surface area contributed by atoms with Crippen molar-refractivity contribution in [3.8, 4) is 73.1 Å². The standard InChI is InChI=1S/C54H36N4/c1-5-17-38(18-6-1)47-36-48(56-54(55-47)40-19-7-2-8-20-40)39-31-29-37(30-32-39)41-33-34-51-46(35-41)52-44-25-13-15-27-49(44)58(43-23-11-4-12-24-43)53(52)45-26-14-16-28-50(45)57(51)42-21-9-3-10-22-42/h1-36H. The van der Waals surface area contributed by atoms with Crippen LogP contribution in [0.2, 0.25) is 0 Å². The lowest BCUT2D eigenvalue weighted by Crippen LogP contribution is -2.11. The van der Waals surface area contributed by atoms with Gasteiger partial charge in [-0.05, 0) is 65.7 Å². The van der Waals surface area contributed by atoms with Crippen LogP contribution >= 0.6 is 0 Å². The smallest absolute Gasteiger partial charge is 0.160 e. The van der Waals surface area contributed by atoms with Crippen LogP contribution in [-0.4, -0.2) is 14.5 Å². The van der Waals surface area contributed by atoms with E-state index in [1.54, 1.807) is 0 Å². The second kappa shape index (κ2) is 14.0. The van der Waals surface area contributed by atoms with Crippen molar-refractivity contribution in [3.63, 3.8) is 0 Å². The van der Waals surface area contributed by atoms with Crippen LogP contribution in [0.4, 0.5) is 17.1 Å². The van der Waals surface area contributed by atoms with Crippen molar-refractivity contribution >= 4 is 28.0 Å². The fourth-order valence-corrected chi connectivity index (χ4v) is 8.48. The number of nitrogens with zero attached hydrogens (tertiary/aromatic N) is 4. The molecule has 0 radical (unpaired) electrons. The molecular formula is C54H36N4. The van der Waals surface area contributed by atoms with Crippen molar-refractivity contribution in [3.05, 3.63) is 218 Å². The zero-order valence-corrected chi connectivity index (χ0v) is 31.6. The van der Waals surface area contributed by atoms with Crippen LogP contribution < -0.4 is 4.90 Å². The van der Waals surface area contributed by atoms with E-state index in [0.717, 1.165) is 62.0 Å². The highest BCUT2D eigenvalue weighted by Gasteiger charge is 2.31. The molecule has 0 saturated carbocycles. The number of rotatable bonds is 6. The molecule has 0 atom stereocenters. The van der Waals surface area contributed by atoms with E-state index in [-0.39, 0.29) is 0 Å². The Morgan fingerprint density at radius 3 is 1.57 bits per heavy atom. The number of aromatic nitrogens is 3. The summed E-state index contributed by atoms with van der Waals surface area (Å²) >= 11 is 0. The lowest BCUT2D eigenvalue weighted by Gasteiger charge is -2.28. The van der Waals surface area contributed by atoms with Gasteiger partial charge in [0, 0.05) is 50.1 Å². The van der Waals surface area contributed by atoms with Crippen molar-refractivity contribution < 1.29 is 0 Å². The number of hydrogen-bond acceptors (Lipinski definition) is 3. The highest BCUT2D eigenvalue weighted by atomic mass is 15.2. The Kier molecular flexibility index (Phi) is 8.11. The average Bonchev–Trinajstić information content (AvgIpc) is 3.59. The first-order valence-corrected chi connectivity index (χ1v) is 19.7. The number of para-hydroxylation sites is 4. The van der Waals surface area contributed by atoms with Crippen molar-refractivity contribution in [2.75, 3.05) is 4.90 Å². The Morgan fingerprint density at radius 2 is 0.862 bits per heavy atom. The predicted octanol–water partition coefficient (Wildman–Crippen LogP) is 14.2. The number of benzene rings is 8. The molecule has 0 amide bonds. The van der Waals surface area contributed by atoms with E-state index in [1.165, 1.54) is 33.3 Å². The first-order valence-electron chi connectivity index (χ1n) is 19.7. The van der Waals surface area contributed by atoms with Gasteiger partial charge in [-0.1, -0.05) is 164 Å². The summed E-state index contributed by atoms with van der Waals surface area (Å²) in [6.45, 7) is 0. The van der Waals surface area contributed by atoms with Gasteiger partial charge in [0.15, 0.2) is 5.82 Å². The predicted molar refractivity (Wildman–Crippen MR) is 240 cm³/mol. The van der Waals surface area contributed by atoms with E-state index >= 15 is 0 Å². The Morgan fingerprint density at radius 1 is 0.345 bits per heavy atom. The molecule has 58 heavy (non-hydrogen) atoms. The molecule has 0 fully saturated rings. The van der Waals surface area contributed by atoms with Gasteiger partial charge < -0.3 is 9.47 Å². The highest BCUT2D eigenvalue weighted by molar-refractivity contribution is 6.13. The SMILES string of the molecule is c1ccc(-c2cc(-c3ccc(-c4ccc5c(c4)-c4c(n(-c6ccccc6)c6ccccc46)-c4ccccc4N5c4ccccc4)cc3)nc(-c3ccccc3)n2)cc1. The molecule has 0 N–H and O–H groups in total. The molecule has 10 aromatic rings. The van der Waals surface area contributed by atoms with E-state index in [1.807, 2.05) is 24.3 Å². The molecule has 1 aliphatic rings. The summed E-state index contributed by atoms with van der Waals surface area (Å²) in [5.74, 6) is 0.709. The third kappa shape index (κ3) is 5.70. The van der Waals surface area contributed by atoms with Crippen LogP contribution in [0.1, 0.15) is 0 Å². The molecule has 4 heteroatoms. The molecule has 11 rings (SSSR count). The van der Waals surface area contributed by atoms with Gasteiger partial charge in [0.2, 0.25) is 0 Å². The maximum atomic E-state index is 5.09. The maximum absolute atomic E-state index is 5.09. The van der Waals surface area contributed by atoms with E-state index in [9.17, 15) is 0 Å². The Balaban J connectivity index is 1.10. The van der Waals surface area contributed by atoms with Gasteiger partial charge in [-0.2, -0.15) is 0 Å². The number of hydrogen-bond donors (Lipinski definition) is 0. The summed E-state index contributed by atoms with van der Waals surface area (Å²) < 4.78 is 2.44. The van der Waals surface area contributed by atoms with Crippen LogP contribution in [0.25, 0.3) is 84.0 Å². The van der Waals surface area contributed by atoms with E-state index in [2.05, 4.69) is 204 Å². The molecule has 4 nitrogen and oxygen atoms in total. The van der Waals surface area contributed by atoms with Crippen molar-refractivity contribution in [2.45, 2.75) is 0 Å². The van der Waals surface area contributed by atoms with Crippen LogP contribution in [0.3, 0.4) is 0 Å². The van der Waals surface area contributed by atoms with Gasteiger partial charge in [0.05, 0.1) is 34.0 Å². The Hall–Kier alpha value is -7.82. The summed E-state index contributed by atoms with van der Waals surface area (Å²) in [5.41, 5.74) is 17.6. The Bertz CT molecular complexity index is 3020. The molecule has 0 unspecified atom stereocenters. The van der Waals surface area contributed by atoms with Gasteiger partial charge in [-0.3, -0.25) is 0 Å². The summed E-state index contributed by atoms with van der Waals surface area (Å²) in [6.07, 6.45) is 0. The van der Waals surface area contributed by atoms with Gasteiger partial charge in [-0.25, -0.2) is 9.97 Å². The molecule has 272 valence electrons. The van der Waals surface area contributed by atoms with Crippen molar-refractivity contribution in [1.29, 1.82) is 0 Å². The number of anilines is 3. The average molecular weight is 741 g/mol. The van der Waals surface area contributed by atoms with Crippen LogP contribution in [0.5, 0.6) is 0 Å². The lowest BCUT2D eigenvalue weighted by atomic mass is 9.94. The normalized spacial score (nSPS) is 11.8. The topological polar surface area (TPSA) is 34.0 Å². The van der Waals surface area contributed by atoms with E-state index in [4.69, 9.17) is 9.97 Å². The summed E-state index contributed by atoms with van der Waals surface area (Å²) in [6, 6.07) is 77.5. The fourth-order valence-electron chi connectivity index (χ4n) is 8.48. The van der Waals surface area contributed by atoms with E-state index < -0.39 is 0 Å². The van der Waals surface area contributed by atoms with Crippen molar-refractivity contribution in [2.24, 2.45) is 0 Å². The Labute approximate surface area is 337 Å². The summed E-state index contributed by atoms with van der Waals surface area (Å²) in [4.78, 5) is 12.5. The molecule has 3 heterocycles. The monoisotopic (exact) mass is 740 g/mol. The zero-order chi connectivity index (χ0) is 38.4. The first-order chi connectivity index (χ1) is 28.8. The quantitative estimate of drug-likeness (QED) is 0.170. The molecule has 8 aromatic carbocycles. The molecule has 1 aliphatic heterocycles. The second-order valence-corrected chi connectivity index (χ2v) is 14.6. The van der Waals surface area contributed by atoms with Gasteiger partial charge >= 0.3 is 0 Å². The van der Waals surface area contributed by atoms with Crippen molar-refractivity contribution in [1.82, 2.24) is 14.5 Å². The van der Waals surface area contributed by atoms with Gasteiger partial charge in [0.25, 0.3) is 0 Å². The lowest BCUT2D eigenvalue weighted by molar-refractivity contribution is 1.13. The fraction of sp³-hybridized carbons (Fsp3) is 0. The largest absolute Gasteiger partial charge is 0.309 e. The van der Waals surface area contributed by atoms with Gasteiger partial charge in [-0.15, -0.1) is 0 Å².